The first-order valence-electron chi connectivity index (χ1n) is 10.6. The zero-order chi connectivity index (χ0) is 22.9. The van der Waals surface area contributed by atoms with Crippen LogP contribution in [0.5, 0.6) is 5.75 Å². The van der Waals surface area contributed by atoms with Crippen LogP contribution in [0.25, 0.3) is 10.8 Å². The number of hydrogen-bond donors (Lipinski definition) is 1. The van der Waals surface area contributed by atoms with Crippen LogP contribution in [0, 0.1) is 0 Å². The Hall–Kier alpha value is -2.97. The number of anilines is 3. The van der Waals surface area contributed by atoms with Gasteiger partial charge in [0, 0.05) is 56.7 Å². The first-order chi connectivity index (χ1) is 15.3. The Balaban J connectivity index is 1.70. The molecule has 0 saturated carbocycles. The molecule has 0 atom stereocenters. The summed E-state index contributed by atoms with van der Waals surface area (Å²) >= 11 is 0. The lowest BCUT2D eigenvalue weighted by Crippen LogP contribution is -2.44. The summed E-state index contributed by atoms with van der Waals surface area (Å²) in [5.74, 6) is 0.735. The molecule has 7 nitrogen and oxygen atoms in total. The third-order valence-corrected chi connectivity index (χ3v) is 7.34. The van der Waals surface area contributed by atoms with Crippen LogP contribution >= 0.6 is 0 Å². The number of ether oxygens (including phenoxy) is 1. The second-order valence-corrected chi connectivity index (χ2v) is 9.96. The summed E-state index contributed by atoms with van der Waals surface area (Å²) in [4.78, 5) is 6.75. The highest BCUT2D eigenvalue weighted by molar-refractivity contribution is 7.93. The normalized spacial score (nSPS) is 15.1. The fourth-order valence-corrected chi connectivity index (χ4v) is 5.42. The molecule has 1 heterocycles. The Morgan fingerprint density at radius 3 is 2.31 bits per heavy atom. The van der Waals surface area contributed by atoms with E-state index in [-0.39, 0.29) is 4.90 Å². The number of rotatable bonds is 6. The largest absolute Gasteiger partial charge is 0.495 e. The van der Waals surface area contributed by atoms with Crippen molar-refractivity contribution in [3.63, 3.8) is 0 Å². The van der Waals surface area contributed by atoms with E-state index in [0.29, 0.717) is 11.1 Å². The molecular formula is C24H30N4O3S. The molecule has 0 bridgehead atoms. The molecular weight excluding hydrogens is 424 g/mol. The number of benzene rings is 3. The maximum Gasteiger partial charge on any atom is 0.262 e. The number of likely N-dealkylation sites (N-methyl/N-ethyl adjacent to an activating group) is 1. The summed E-state index contributed by atoms with van der Waals surface area (Å²) in [5, 5.41) is 1.59. The molecule has 3 aromatic rings. The molecule has 3 aromatic carbocycles. The average Bonchev–Trinajstić information content (AvgIpc) is 2.78. The van der Waals surface area contributed by atoms with Gasteiger partial charge in [-0.1, -0.05) is 24.3 Å². The van der Waals surface area contributed by atoms with E-state index < -0.39 is 10.0 Å². The second kappa shape index (κ2) is 8.88. The molecule has 0 amide bonds. The lowest BCUT2D eigenvalue weighted by molar-refractivity contribution is 0.311. The molecule has 4 rings (SSSR count). The standard InChI is InChI=1S/C24H30N4O3S/c1-26(2)21-9-5-8-20-19(21)7-6-10-24(20)32(29,30)25-18-11-12-23(31-4)22(17-18)28-15-13-27(3)14-16-28/h5-12,17,25H,13-16H2,1-4H3. The molecule has 1 fully saturated rings. The summed E-state index contributed by atoms with van der Waals surface area (Å²) in [6, 6.07) is 16.5. The van der Waals surface area contributed by atoms with Gasteiger partial charge in [0.15, 0.2) is 0 Å². The van der Waals surface area contributed by atoms with Crippen LogP contribution in [-0.4, -0.2) is 67.7 Å². The number of methoxy groups -OCH3 is 1. The Morgan fingerprint density at radius 1 is 0.938 bits per heavy atom. The number of piperazine rings is 1. The number of nitrogens with one attached hydrogen (secondary N) is 1. The van der Waals surface area contributed by atoms with Gasteiger partial charge in [-0.25, -0.2) is 8.42 Å². The minimum Gasteiger partial charge on any atom is -0.495 e. The molecule has 1 saturated heterocycles. The number of hydrogen-bond acceptors (Lipinski definition) is 6. The number of nitrogens with zero attached hydrogens (tertiary/aromatic N) is 3. The SMILES string of the molecule is COc1ccc(NS(=O)(=O)c2cccc3c(N(C)C)cccc23)cc1N1CCN(C)CC1. The molecule has 1 N–H and O–H groups in total. The first kappa shape index (κ1) is 22.2. The fourth-order valence-electron chi connectivity index (χ4n) is 4.15. The van der Waals surface area contributed by atoms with Gasteiger partial charge in [-0.2, -0.15) is 0 Å². The van der Waals surface area contributed by atoms with Gasteiger partial charge in [-0.05, 0) is 37.4 Å². The van der Waals surface area contributed by atoms with Crippen LogP contribution < -0.4 is 19.3 Å². The van der Waals surface area contributed by atoms with Gasteiger partial charge in [-0.15, -0.1) is 0 Å². The van der Waals surface area contributed by atoms with E-state index in [4.69, 9.17) is 4.74 Å². The molecule has 1 aliphatic rings. The second-order valence-electron chi connectivity index (χ2n) is 8.31. The van der Waals surface area contributed by atoms with E-state index in [2.05, 4.69) is 21.6 Å². The predicted octanol–water partition coefficient (Wildman–Crippen LogP) is 3.47. The molecule has 170 valence electrons. The molecule has 1 aliphatic heterocycles. The molecule has 32 heavy (non-hydrogen) atoms. The highest BCUT2D eigenvalue weighted by Gasteiger charge is 2.22. The maximum absolute atomic E-state index is 13.4. The van der Waals surface area contributed by atoms with Crippen molar-refractivity contribution in [1.29, 1.82) is 0 Å². The summed E-state index contributed by atoms with van der Waals surface area (Å²) in [6.45, 7) is 3.62. The molecule has 8 heteroatoms. The van der Waals surface area contributed by atoms with E-state index in [1.54, 1.807) is 25.3 Å². The van der Waals surface area contributed by atoms with Gasteiger partial charge in [0.2, 0.25) is 0 Å². The molecule has 0 unspecified atom stereocenters. The Labute approximate surface area is 190 Å². The fraction of sp³-hybridized carbons (Fsp3) is 0.333. The zero-order valence-corrected chi connectivity index (χ0v) is 19.8. The monoisotopic (exact) mass is 454 g/mol. The van der Waals surface area contributed by atoms with Crippen molar-refractivity contribution >= 4 is 37.9 Å². The lowest BCUT2D eigenvalue weighted by Gasteiger charge is -2.35. The van der Waals surface area contributed by atoms with Crippen molar-refractivity contribution in [2.24, 2.45) is 0 Å². The van der Waals surface area contributed by atoms with E-state index in [0.717, 1.165) is 48.7 Å². The van der Waals surface area contributed by atoms with Gasteiger partial charge in [0.25, 0.3) is 10.0 Å². The van der Waals surface area contributed by atoms with Crippen LogP contribution in [0.3, 0.4) is 0 Å². The predicted molar refractivity (Wildman–Crippen MR) is 132 cm³/mol. The topological polar surface area (TPSA) is 65.1 Å². The van der Waals surface area contributed by atoms with Crippen LogP contribution in [-0.2, 0) is 10.0 Å². The highest BCUT2D eigenvalue weighted by atomic mass is 32.2. The highest BCUT2D eigenvalue weighted by Crippen LogP contribution is 2.34. The summed E-state index contributed by atoms with van der Waals surface area (Å²) in [7, 11) is 3.84. The molecule has 0 aromatic heterocycles. The lowest BCUT2D eigenvalue weighted by atomic mass is 10.1. The van der Waals surface area contributed by atoms with E-state index in [9.17, 15) is 8.42 Å². The Bertz CT molecular complexity index is 1220. The van der Waals surface area contributed by atoms with Gasteiger partial charge >= 0.3 is 0 Å². The average molecular weight is 455 g/mol. The minimum absolute atomic E-state index is 0.260. The van der Waals surface area contributed by atoms with Crippen LogP contribution in [0.4, 0.5) is 17.1 Å². The van der Waals surface area contributed by atoms with Crippen molar-refractivity contribution in [3.05, 3.63) is 54.6 Å². The van der Waals surface area contributed by atoms with Gasteiger partial charge in [-0.3, -0.25) is 4.72 Å². The van der Waals surface area contributed by atoms with E-state index in [1.165, 1.54) is 0 Å². The quantitative estimate of drug-likeness (QED) is 0.615. The maximum atomic E-state index is 13.4. The van der Waals surface area contributed by atoms with Crippen molar-refractivity contribution in [2.75, 3.05) is 69.0 Å². The number of fused-ring (bicyclic) bond motifs is 1. The van der Waals surface area contributed by atoms with Gasteiger partial charge in [0.1, 0.15) is 5.75 Å². The van der Waals surface area contributed by atoms with Crippen LogP contribution in [0.1, 0.15) is 0 Å². The summed E-state index contributed by atoms with van der Waals surface area (Å²) in [6.07, 6.45) is 0. The summed E-state index contributed by atoms with van der Waals surface area (Å²) in [5.41, 5.74) is 2.38. The van der Waals surface area contributed by atoms with Crippen molar-refractivity contribution in [3.8, 4) is 5.75 Å². The third-order valence-electron chi connectivity index (χ3n) is 5.91. The summed E-state index contributed by atoms with van der Waals surface area (Å²) < 4.78 is 35.1. The van der Waals surface area contributed by atoms with Crippen molar-refractivity contribution in [1.82, 2.24) is 4.90 Å². The minimum atomic E-state index is -3.79. The van der Waals surface area contributed by atoms with Gasteiger partial charge < -0.3 is 19.4 Å². The van der Waals surface area contributed by atoms with Gasteiger partial charge in [0.05, 0.1) is 23.4 Å². The first-order valence-corrected chi connectivity index (χ1v) is 12.1. The molecule has 0 aliphatic carbocycles. The number of sulfonamides is 1. The van der Waals surface area contributed by atoms with E-state index >= 15 is 0 Å². The smallest absolute Gasteiger partial charge is 0.262 e. The molecule has 0 radical (unpaired) electrons. The van der Waals surface area contributed by atoms with Crippen molar-refractivity contribution < 1.29 is 13.2 Å². The Kier molecular flexibility index (Phi) is 6.17. The van der Waals surface area contributed by atoms with Crippen LogP contribution in [0.2, 0.25) is 0 Å². The van der Waals surface area contributed by atoms with Crippen molar-refractivity contribution in [2.45, 2.75) is 4.90 Å². The van der Waals surface area contributed by atoms with E-state index in [1.807, 2.05) is 55.4 Å². The molecule has 0 spiro atoms. The zero-order valence-electron chi connectivity index (χ0n) is 19.0. The Morgan fingerprint density at radius 2 is 1.62 bits per heavy atom. The van der Waals surface area contributed by atoms with Crippen LogP contribution in [0.15, 0.2) is 59.5 Å². The third kappa shape index (κ3) is 4.33.